The van der Waals surface area contributed by atoms with Crippen LogP contribution in [0.2, 0.25) is 0 Å². The quantitative estimate of drug-likeness (QED) is 0.258. The van der Waals surface area contributed by atoms with Crippen LogP contribution in [0.3, 0.4) is 0 Å². The van der Waals surface area contributed by atoms with Crippen LogP contribution in [0, 0.1) is 0 Å². The van der Waals surface area contributed by atoms with Crippen molar-refractivity contribution in [2.75, 3.05) is 13.1 Å². The van der Waals surface area contributed by atoms with Gasteiger partial charge in [0.05, 0.1) is 18.7 Å². The fourth-order valence-electron chi connectivity index (χ4n) is 2.00. The number of phenolic OH excluding ortho intramolecular Hbond substituents is 2. The molecule has 9 heteroatoms. The summed E-state index contributed by atoms with van der Waals surface area (Å²) >= 11 is 0. The Morgan fingerprint density at radius 3 is 2.07 bits per heavy atom. The number of hydrogen-bond donors (Lipinski definition) is 3. The summed E-state index contributed by atoms with van der Waals surface area (Å²) in [6.45, 7) is 0.878. The van der Waals surface area contributed by atoms with Crippen molar-refractivity contribution >= 4 is 24.9 Å². The van der Waals surface area contributed by atoms with Crippen molar-refractivity contribution in [2.24, 2.45) is 9.98 Å². The third-order valence-electron chi connectivity index (χ3n) is 3.28. The number of carbonyl (C=O) groups excluding carboxylic acids is 1. The second kappa shape index (κ2) is 10.8. The molecule has 0 aliphatic rings. The fraction of sp³-hybridized carbons (Fsp3) is 0.111. The first-order chi connectivity index (χ1) is 12.5. The number of phenols is 2. The van der Waals surface area contributed by atoms with Gasteiger partial charge < -0.3 is 20.1 Å². The first-order valence-corrected chi connectivity index (χ1v) is 7.50. The van der Waals surface area contributed by atoms with Gasteiger partial charge in [0.2, 0.25) is 0 Å². The number of hydrogen-bond acceptors (Lipinski definition) is 7. The molecule has 2 rings (SSSR count). The van der Waals surface area contributed by atoms with Crippen molar-refractivity contribution < 1.29 is 49.1 Å². The second-order valence-corrected chi connectivity index (χ2v) is 5.08. The van der Waals surface area contributed by atoms with E-state index >= 15 is 0 Å². The van der Waals surface area contributed by atoms with Crippen LogP contribution in [0.5, 0.6) is 17.2 Å². The van der Waals surface area contributed by atoms with Gasteiger partial charge in [-0.05, 0) is 36.4 Å². The average molecular weight is 422 g/mol. The Kier molecular flexibility index (Phi) is 8.82. The molecule has 0 aromatic heterocycles. The zero-order chi connectivity index (χ0) is 18.9. The number of carboxylic acids is 1. The molecule has 0 aliphatic carbocycles. The molecular weight excluding hydrogens is 406 g/mol. The zero-order valence-electron chi connectivity index (χ0n) is 14.3. The van der Waals surface area contributed by atoms with Gasteiger partial charge in [-0.1, -0.05) is 0 Å². The van der Waals surface area contributed by atoms with Crippen molar-refractivity contribution in [1.29, 1.82) is 0 Å². The van der Waals surface area contributed by atoms with E-state index in [1.165, 1.54) is 48.8 Å². The number of ether oxygens (including phenoxy) is 1. The van der Waals surface area contributed by atoms with E-state index in [9.17, 15) is 19.8 Å². The Labute approximate surface area is 167 Å². The molecule has 27 heavy (non-hydrogen) atoms. The maximum absolute atomic E-state index is 10.9. The van der Waals surface area contributed by atoms with Crippen LogP contribution in [0.15, 0.2) is 46.4 Å². The maximum Gasteiger partial charge on any atom is 0.335 e. The van der Waals surface area contributed by atoms with Crippen molar-refractivity contribution in [2.45, 2.75) is 0 Å². The molecule has 8 nitrogen and oxygen atoms in total. The standard InChI is InChI=1S/C18H16N2O6.Zn/c21-11-26-15-2-4-17(23)14(8-15)10-20-6-5-19-9-13-7-12(18(24)25)1-3-16(13)22;/h1-4,7-11,22-23H,5-6H2,(H,24,25);. The molecule has 0 heterocycles. The predicted molar refractivity (Wildman–Crippen MR) is 94.8 cm³/mol. The van der Waals surface area contributed by atoms with E-state index in [0.29, 0.717) is 24.2 Å². The third-order valence-corrected chi connectivity index (χ3v) is 3.28. The van der Waals surface area contributed by atoms with Gasteiger partial charge in [0.15, 0.2) is 0 Å². The minimum atomic E-state index is -1.09. The Balaban J connectivity index is 0.00000364. The summed E-state index contributed by atoms with van der Waals surface area (Å²) in [7, 11) is 0. The van der Waals surface area contributed by atoms with E-state index in [-0.39, 0.29) is 48.8 Å². The fourth-order valence-corrected chi connectivity index (χ4v) is 2.00. The number of aromatic hydroxyl groups is 2. The summed E-state index contributed by atoms with van der Waals surface area (Å²) in [4.78, 5) is 29.4. The van der Waals surface area contributed by atoms with Gasteiger partial charge in [0.25, 0.3) is 6.47 Å². The van der Waals surface area contributed by atoms with E-state index in [2.05, 4.69) is 9.98 Å². The molecule has 0 atom stereocenters. The molecule has 0 bridgehead atoms. The van der Waals surface area contributed by atoms with Crippen LogP contribution in [-0.2, 0) is 24.3 Å². The summed E-state index contributed by atoms with van der Waals surface area (Å²) < 4.78 is 4.69. The largest absolute Gasteiger partial charge is 0.507 e. The number of benzene rings is 2. The summed E-state index contributed by atoms with van der Waals surface area (Å²) in [5.74, 6) is -0.888. The van der Waals surface area contributed by atoms with Crippen molar-refractivity contribution in [3.05, 3.63) is 53.1 Å². The average Bonchev–Trinajstić information content (AvgIpc) is 2.61. The Morgan fingerprint density at radius 1 is 0.963 bits per heavy atom. The van der Waals surface area contributed by atoms with Gasteiger partial charge in [0, 0.05) is 43.0 Å². The summed E-state index contributed by atoms with van der Waals surface area (Å²) in [5.41, 5.74) is 0.737. The molecule has 0 fully saturated rings. The number of aliphatic imine (C=N–C) groups is 2. The van der Waals surface area contributed by atoms with Gasteiger partial charge in [-0.3, -0.25) is 14.8 Å². The minimum absolute atomic E-state index is 0. The van der Waals surface area contributed by atoms with Crippen LogP contribution >= 0.6 is 0 Å². The normalized spacial score (nSPS) is 10.7. The van der Waals surface area contributed by atoms with Crippen LogP contribution < -0.4 is 4.74 Å². The molecule has 0 unspecified atom stereocenters. The van der Waals surface area contributed by atoms with Gasteiger partial charge in [-0.15, -0.1) is 0 Å². The second-order valence-electron chi connectivity index (χ2n) is 5.08. The Bertz CT molecular complexity index is 867. The number of rotatable bonds is 8. The van der Waals surface area contributed by atoms with Gasteiger partial charge in [-0.2, -0.15) is 0 Å². The Hall–Kier alpha value is -3.06. The SMILES string of the molecule is O=COc1ccc(O)c(C=NCCN=Cc2cc(C(=O)O)ccc2O)c1.[Zn]. The summed E-state index contributed by atoms with van der Waals surface area (Å²) in [6, 6.07) is 8.21. The van der Waals surface area contributed by atoms with Gasteiger partial charge in [0.1, 0.15) is 17.2 Å². The van der Waals surface area contributed by atoms with E-state index in [1.54, 1.807) is 0 Å². The van der Waals surface area contributed by atoms with Crippen molar-refractivity contribution in [1.82, 2.24) is 0 Å². The number of nitrogens with zero attached hydrogens (tertiary/aromatic N) is 2. The van der Waals surface area contributed by atoms with Crippen LogP contribution in [0.4, 0.5) is 0 Å². The molecular formula is C18H16N2O6Zn. The smallest absolute Gasteiger partial charge is 0.335 e. The molecule has 0 radical (unpaired) electrons. The summed E-state index contributed by atoms with van der Waals surface area (Å²) in [5, 5.41) is 28.3. The van der Waals surface area contributed by atoms with Crippen LogP contribution in [0.1, 0.15) is 21.5 Å². The van der Waals surface area contributed by atoms with Gasteiger partial charge >= 0.3 is 5.97 Å². The van der Waals surface area contributed by atoms with Crippen molar-refractivity contribution in [3.63, 3.8) is 0 Å². The molecule has 2 aromatic rings. The molecule has 2 aromatic carbocycles. The number of carboxylic acid groups (broad SMARTS) is 1. The van der Waals surface area contributed by atoms with E-state index in [1.807, 2.05) is 0 Å². The van der Waals surface area contributed by atoms with Crippen molar-refractivity contribution in [3.8, 4) is 17.2 Å². The zero-order valence-corrected chi connectivity index (χ0v) is 17.2. The Morgan fingerprint density at radius 2 is 1.52 bits per heavy atom. The first-order valence-electron chi connectivity index (χ1n) is 7.50. The third kappa shape index (κ3) is 6.64. The number of carbonyl (C=O) groups is 2. The molecule has 3 N–H and O–H groups in total. The monoisotopic (exact) mass is 420 g/mol. The van der Waals surface area contributed by atoms with E-state index in [0.717, 1.165) is 0 Å². The molecule has 136 valence electrons. The maximum atomic E-state index is 10.9. The molecule has 0 spiro atoms. The van der Waals surface area contributed by atoms with Crippen LogP contribution in [-0.4, -0.2) is 53.3 Å². The molecule has 0 saturated carbocycles. The van der Waals surface area contributed by atoms with Gasteiger partial charge in [-0.25, -0.2) is 4.79 Å². The number of aromatic carboxylic acids is 1. The van der Waals surface area contributed by atoms with E-state index in [4.69, 9.17) is 9.84 Å². The minimum Gasteiger partial charge on any atom is -0.507 e. The van der Waals surface area contributed by atoms with E-state index < -0.39 is 5.97 Å². The topological polar surface area (TPSA) is 129 Å². The summed E-state index contributed by atoms with van der Waals surface area (Å²) in [6.07, 6.45) is 2.79. The molecule has 0 saturated heterocycles. The predicted octanol–water partition coefficient (Wildman–Crippen LogP) is 1.87. The first kappa shape index (κ1) is 22.0. The van der Waals surface area contributed by atoms with Crippen LogP contribution in [0.25, 0.3) is 0 Å². The molecule has 0 aliphatic heterocycles. The molecule has 0 amide bonds.